The van der Waals surface area contributed by atoms with Crippen LogP contribution in [0.3, 0.4) is 0 Å². The van der Waals surface area contributed by atoms with Crippen molar-refractivity contribution >= 4 is 11.9 Å². The number of nitrogens with one attached hydrogen (secondary N) is 1. The quantitative estimate of drug-likeness (QED) is 0.615. The molecule has 5 nitrogen and oxygen atoms in total. The Morgan fingerprint density at radius 3 is 3.00 bits per heavy atom. The van der Waals surface area contributed by atoms with E-state index in [1.165, 1.54) is 6.07 Å². The van der Waals surface area contributed by atoms with Crippen LogP contribution in [-0.2, 0) is 0 Å². The van der Waals surface area contributed by atoms with Crippen LogP contribution in [0.5, 0.6) is 0 Å². The highest BCUT2D eigenvalue weighted by molar-refractivity contribution is 5.81. The van der Waals surface area contributed by atoms with Crippen LogP contribution in [0.4, 0.5) is 10.6 Å². The molecule has 0 fully saturated rings. The normalized spacial score (nSPS) is 9.30. The molecule has 0 aliphatic carbocycles. The fraction of sp³-hybridized carbons (Fsp3) is 0.200. The van der Waals surface area contributed by atoms with Gasteiger partial charge in [0.2, 0.25) is 0 Å². The zero-order valence-corrected chi connectivity index (χ0v) is 5.29. The Kier molecular flexibility index (Phi) is 1.57. The fourth-order valence-electron chi connectivity index (χ4n) is 0.535. The third-order valence-electron chi connectivity index (χ3n) is 0.863. The Morgan fingerprint density at radius 1 is 1.90 bits per heavy atom. The monoisotopic (exact) mass is 142 g/mol. The molecule has 0 spiro atoms. The van der Waals surface area contributed by atoms with Gasteiger partial charge in [-0.15, -0.1) is 0 Å². The van der Waals surface area contributed by atoms with E-state index in [0.29, 0.717) is 5.76 Å². The van der Waals surface area contributed by atoms with Crippen LogP contribution in [0.2, 0.25) is 0 Å². The molecular weight excluding hydrogens is 136 g/mol. The van der Waals surface area contributed by atoms with Crippen molar-refractivity contribution in [2.75, 3.05) is 5.32 Å². The summed E-state index contributed by atoms with van der Waals surface area (Å²) < 4.78 is 4.59. The Hall–Kier alpha value is -1.52. The standard InChI is InChI=1S/C5H6N2O3/c1-3-2-4(7-10-3)6-5(8)9/h2H,1H3,(H,6,7)(H,8,9). The minimum atomic E-state index is -1.15. The molecule has 1 amide bonds. The Morgan fingerprint density at radius 2 is 2.60 bits per heavy atom. The highest BCUT2D eigenvalue weighted by Crippen LogP contribution is 2.05. The summed E-state index contributed by atoms with van der Waals surface area (Å²) in [5, 5.41) is 13.6. The van der Waals surface area contributed by atoms with E-state index < -0.39 is 6.09 Å². The topological polar surface area (TPSA) is 75.4 Å². The van der Waals surface area contributed by atoms with E-state index in [1.807, 2.05) is 5.32 Å². The molecule has 1 heterocycles. The van der Waals surface area contributed by atoms with Crippen LogP contribution < -0.4 is 5.32 Å². The molecule has 2 N–H and O–H groups in total. The predicted octanol–water partition coefficient (Wildman–Crippen LogP) is 1.07. The summed E-state index contributed by atoms with van der Waals surface area (Å²) in [7, 11) is 0. The van der Waals surface area contributed by atoms with Gasteiger partial charge in [-0.25, -0.2) is 4.79 Å². The van der Waals surface area contributed by atoms with E-state index in [-0.39, 0.29) is 5.82 Å². The number of carboxylic acid groups (broad SMARTS) is 1. The van der Waals surface area contributed by atoms with E-state index in [2.05, 4.69) is 9.68 Å². The first-order chi connectivity index (χ1) is 4.68. The number of anilines is 1. The lowest BCUT2D eigenvalue weighted by molar-refractivity contribution is 0.209. The first-order valence-corrected chi connectivity index (χ1v) is 2.62. The van der Waals surface area contributed by atoms with E-state index in [1.54, 1.807) is 6.92 Å². The molecule has 1 aromatic rings. The molecule has 1 rings (SSSR count). The van der Waals surface area contributed by atoms with Gasteiger partial charge in [0.15, 0.2) is 5.82 Å². The SMILES string of the molecule is Cc1cc(NC(=O)O)no1. The van der Waals surface area contributed by atoms with Crippen LogP contribution in [-0.4, -0.2) is 16.4 Å². The maximum absolute atomic E-state index is 9.99. The second kappa shape index (κ2) is 2.38. The predicted molar refractivity (Wildman–Crippen MR) is 32.9 cm³/mol. The first kappa shape index (κ1) is 6.60. The van der Waals surface area contributed by atoms with E-state index >= 15 is 0 Å². The van der Waals surface area contributed by atoms with Crippen molar-refractivity contribution in [1.29, 1.82) is 0 Å². The smallest absolute Gasteiger partial charge is 0.410 e. The third-order valence-corrected chi connectivity index (χ3v) is 0.863. The molecule has 0 aromatic carbocycles. The van der Waals surface area contributed by atoms with E-state index in [9.17, 15) is 4.79 Å². The summed E-state index contributed by atoms with van der Waals surface area (Å²) in [6.45, 7) is 1.68. The molecule has 54 valence electrons. The second-order valence-corrected chi connectivity index (χ2v) is 1.75. The highest BCUT2D eigenvalue weighted by Gasteiger charge is 2.01. The molecule has 0 bridgehead atoms. The number of rotatable bonds is 1. The fourth-order valence-corrected chi connectivity index (χ4v) is 0.535. The average molecular weight is 142 g/mol. The number of aromatic nitrogens is 1. The molecule has 1 aromatic heterocycles. The largest absolute Gasteiger partial charge is 0.465 e. The summed E-state index contributed by atoms with van der Waals surface area (Å²) in [5.41, 5.74) is 0. The summed E-state index contributed by atoms with van der Waals surface area (Å²) in [4.78, 5) is 9.99. The summed E-state index contributed by atoms with van der Waals surface area (Å²) in [6, 6.07) is 1.49. The number of hydrogen-bond donors (Lipinski definition) is 2. The van der Waals surface area contributed by atoms with Crippen LogP contribution >= 0.6 is 0 Å². The van der Waals surface area contributed by atoms with Gasteiger partial charge in [-0.3, -0.25) is 5.32 Å². The maximum Gasteiger partial charge on any atom is 0.410 e. The van der Waals surface area contributed by atoms with Crippen molar-refractivity contribution in [2.45, 2.75) is 6.92 Å². The zero-order valence-electron chi connectivity index (χ0n) is 5.29. The maximum atomic E-state index is 9.99. The first-order valence-electron chi connectivity index (χ1n) is 2.62. The van der Waals surface area contributed by atoms with Crippen LogP contribution in [0.25, 0.3) is 0 Å². The van der Waals surface area contributed by atoms with Gasteiger partial charge in [-0.05, 0) is 6.92 Å². The second-order valence-electron chi connectivity index (χ2n) is 1.75. The summed E-state index contributed by atoms with van der Waals surface area (Å²) in [5.74, 6) is 0.786. The molecule has 10 heavy (non-hydrogen) atoms. The molecule has 0 saturated heterocycles. The van der Waals surface area contributed by atoms with Gasteiger partial charge in [0.05, 0.1) is 0 Å². The summed E-state index contributed by atoms with van der Waals surface area (Å²) in [6.07, 6.45) is -1.15. The van der Waals surface area contributed by atoms with Gasteiger partial charge in [0.25, 0.3) is 0 Å². The summed E-state index contributed by atoms with van der Waals surface area (Å²) >= 11 is 0. The van der Waals surface area contributed by atoms with Crippen molar-refractivity contribution in [2.24, 2.45) is 0 Å². The Balaban J connectivity index is 2.67. The van der Waals surface area contributed by atoms with Gasteiger partial charge in [0.1, 0.15) is 5.76 Å². The minimum Gasteiger partial charge on any atom is -0.465 e. The van der Waals surface area contributed by atoms with Crippen molar-refractivity contribution in [3.8, 4) is 0 Å². The molecule has 5 heteroatoms. The van der Waals surface area contributed by atoms with Gasteiger partial charge in [0, 0.05) is 6.07 Å². The number of nitrogens with zero attached hydrogens (tertiary/aromatic N) is 1. The highest BCUT2D eigenvalue weighted by atomic mass is 16.5. The van der Waals surface area contributed by atoms with Crippen molar-refractivity contribution in [1.82, 2.24) is 5.16 Å². The van der Waals surface area contributed by atoms with E-state index in [4.69, 9.17) is 5.11 Å². The average Bonchev–Trinajstić information content (AvgIpc) is 2.13. The Labute approximate surface area is 56.6 Å². The molecule has 0 aliphatic rings. The van der Waals surface area contributed by atoms with Crippen molar-refractivity contribution < 1.29 is 14.4 Å². The lowest BCUT2D eigenvalue weighted by atomic mass is 10.5. The van der Waals surface area contributed by atoms with Crippen molar-refractivity contribution in [3.63, 3.8) is 0 Å². The molecule has 0 aliphatic heterocycles. The van der Waals surface area contributed by atoms with Crippen molar-refractivity contribution in [3.05, 3.63) is 11.8 Å². The third kappa shape index (κ3) is 1.48. The van der Waals surface area contributed by atoms with Gasteiger partial charge >= 0.3 is 6.09 Å². The molecule has 0 atom stereocenters. The lowest BCUT2D eigenvalue weighted by Gasteiger charge is -1.88. The Bertz CT molecular complexity index is 243. The van der Waals surface area contributed by atoms with Gasteiger partial charge in [-0.2, -0.15) is 0 Å². The molecule has 0 radical (unpaired) electrons. The van der Waals surface area contributed by atoms with Crippen LogP contribution in [0.1, 0.15) is 5.76 Å². The zero-order chi connectivity index (χ0) is 7.56. The molecule has 0 unspecified atom stereocenters. The lowest BCUT2D eigenvalue weighted by Crippen LogP contribution is -2.06. The van der Waals surface area contributed by atoms with E-state index in [0.717, 1.165) is 0 Å². The number of carbonyl (C=O) groups is 1. The van der Waals surface area contributed by atoms with Crippen LogP contribution in [0, 0.1) is 6.92 Å². The number of aryl methyl sites for hydroxylation is 1. The number of hydrogen-bond acceptors (Lipinski definition) is 3. The number of amides is 1. The van der Waals surface area contributed by atoms with Crippen LogP contribution in [0.15, 0.2) is 10.6 Å². The minimum absolute atomic E-state index is 0.213. The van der Waals surface area contributed by atoms with Gasteiger partial charge in [-0.1, -0.05) is 5.16 Å². The van der Waals surface area contributed by atoms with Gasteiger partial charge < -0.3 is 9.63 Å². The molecule has 0 saturated carbocycles. The molecular formula is C5H6N2O3.